The van der Waals surface area contributed by atoms with E-state index in [0.717, 1.165) is 0 Å². The Morgan fingerprint density at radius 1 is 1.07 bits per heavy atom. The first-order valence-electron chi connectivity index (χ1n) is 13.1. The Hall–Kier alpha value is -4.00. The molecule has 0 aromatic heterocycles. The number of rotatable bonds is 12. The van der Waals surface area contributed by atoms with Gasteiger partial charge >= 0.3 is 11.9 Å². The molecule has 6 N–H and O–H groups in total. The smallest absolute Gasteiger partial charge is 0.326 e. The van der Waals surface area contributed by atoms with Gasteiger partial charge in [-0.25, -0.2) is 0 Å². The van der Waals surface area contributed by atoms with Gasteiger partial charge in [0.1, 0.15) is 30.1 Å². The molecule has 220 valence electrons. The quantitative estimate of drug-likeness (QED) is 0.119. The van der Waals surface area contributed by atoms with Crippen molar-refractivity contribution in [2.24, 2.45) is 11.5 Å². The van der Waals surface area contributed by atoms with Crippen molar-refractivity contribution in [1.29, 1.82) is 5.41 Å². The van der Waals surface area contributed by atoms with Gasteiger partial charge in [-0.1, -0.05) is 12.1 Å². The SMILES string of the molecule is COC(=O)CC1C(=O)N(CC(=O)OC(C)(C)C)CCN1C(=O)[C@@H](CCCCN)NC(=O)c1ccc(C(=N)N)cc1. The van der Waals surface area contributed by atoms with Gasteiger partial charge in [-0.05, 0) is 58.7 Å². The van der Waals surface area contributed by atoms with Crippen molar-refractivity contribution < 1.29 is 33.4 Å². The van der Waals surface area contributed by atoms with Crippen LogP contribution in [0.25, 0.3) is 0 Å². The van der Waals surface area contributed by atoms with Gasteiger partial charge in [0.25, 0.3) is 5.91 Å². The fraction of sp³-hybridized carbons (Fsp3) is 0.556. The van der Waals surface area contributed by atoms with E-state index in [9.17, 15) is 24.0 Å². The molecule has 1 heterocycles. The third kappa shape index (κ3) is 9.33. The zero-order valence-electron chi connectivity index (χ0n) is 23.5. The second-order valence-electron chi connectivity index (χ2n) is 10.5. The number of benzene rings is 1. The molecule has 1 aliphatic heterocycles. The van der Waals surface area contributed by atoms with Crippen molar-refractivity contribution in [2.75, 3.05) is 33.3 Å². The third-order valence-electron chi connectivity index (χ3n) is 6.20. The number of nitrogens with zero attached hydrogens (tertiary/aromatic N) is 2. The number of piperazine rings is 1. The summed E-state index contributed by atoms with van der Waals surface area (Å²) < 4.78 is 10.1. The lowest BCUT2D eigenvalue weighted by Gasteiger charge is -2.41. The highest BCUT2D eigenvalue weighted by atomic mass is 16.6. The lowest BCUT2D eigenvalue weighted by atomic mass is 10.0. The van der Waals surface area contributed by atoms with Gasteiger partial charge in [-0.2, -0.15) is 0 Å². The number of esters is 2. The summed E-state index contributed by atoms with van der Waals surface area (Å²) in [6.07, 6.45) is 0.984. The van der Waals surface area contributed by atoms with Crippen LogP contribution in [0.15, 0.2) is 24.3 Å². The van der Waals surface area contributed by atoms with Crippen molar-refractivity contribution >= 4 is 35.5 Å². The number of nitrogens with two attached hydrogens (primary N) is 2. The van der Waals surface area contributed by atoms with Crippen molar-refractivity contribution in [2.45, 2.75) is 64.1 Å². The number of ether oxygens (including phenoxy) is 2. The van der Waals surface area contributed by atoms with Crippen LogP contribution in [0.1, 0.15) is 62.4 Å². The molecule has 1 aromatic carbocycles. The molecule has 40 heavy (non-hydrogen) atoms. The van der Waals surface area contributed by atoms with E-state index in [1.54, 1.807) is 20.8 Å². The van der Waals surface area contributed by atoms with E-state index < -0.39 is 53.8 Å². The van der Waals surface area contributed by atoms with Gasteiger partial charge in [0, 0.05) is 24.2 Å². The number of unbranched alkanes of at least 4 members (excludes halogenated alkanes) is 1. The number of nitrogens with one attached hydrogen (secondary N) is 2. The maximum absolute atomic E-state index is 13.8. The number of methoxy groups -OCH3 is 1. The summed E-state index contributed by atoms with van der Waals surface area (Å²) in [6, 6.07) is 3.81. The Labute approximate surface area is 234 Å². The van der Waals surface area contributed by atoms with Crippen molar-refractivity contribution in [3.63, 3.8) is 0 Å². The zero-order chi connectivity index (χ0) is 30.0. The van der Waals surface area contributed by atoms with Crippen LogP contribution in [0.4, 0.5) is 0 Å². The summed E-state index contributed by atoms with van der Waals surface area (Å²) >= 11 is 0. The number of nitrogen functional groups attached to an aromatic ring is 1. The molecule has 0 aliphatic carbocycles. The van der Waals surface area contributed by atoms with Gasteiger partial charge in [-0.3, -0.25) is 29.4 Å². The first-order valence-corrected chi connectivity index (χ1v) is 13.1. The fourth-order valence-corrected chi connectivity index (χ4v) is 4.22. The van der Waals surface area contributed by atoms with Gasteiger partial charge in [0.15, 0.2) is 0 Å². The summed E-state index contributed by atoms with van der Waals surface area (Å²) in [5.41, 5.74) is 11.0. The van der Waals surface area contributed by atoms with Gasteiger partial charge in [0.05, 0.1) is 13.5 Å². The van der Waals surface area contributed by atoms with Crippen LogP contribution in [0.5, 0.6) is 0 Å². The molecule has 2 atom stereocenters. The first-order chi connectivity index (χ1) is 18.8. The van der Waals surface area contributed by atoms with Gasteiger partial charge in [0.2, 0.25) is 11.8 Å². The number of carbonyl (C=O) groups is 5. The van der Waals surface area contributed by atoms with Crippen molar-refractivity contribution in [3.05, 3.63) is 35.4 Å². The van der Waals surface area contributed by atoms with E-state index >= 15 is 0 Å². The molecule has 0 radical (unpaired) electrons. The van der Waals surface area contributed by atoms with Crippen LogP contribution in [0.2, 0.25) is 0 Å². The monoisotopic (exact) mass is 560 g/mol. The topological polar surface area (TPSA) is 198 Å². The number of amidine groups is 1. The normalized spacial score (nSPS) is 16.2. The standard InChI is InChI=1S/C27H40N6O7/c1-27(2,3)40-22(35)16-32-13-14-33(20(26(32)38)15-21(34)39-4)25(37)19(7-5-6-12-28)31-24(36)18-10-8-17(9-11-18)23(29)30/h8-11,19-20H,5-7,12-16,28H2,1-4H3,(H3,29,30)(H,31,36)/t19-,20?/m1/s1. The minimum Gasteiger partial charge on any atom is -0.469 e. The first kappa shape index (κ1) is 32.2. The molecule has 1 aromatic rings. The molecular formula is C27H40N6O7. The number of hydrogen-bond donors (Lipinski definition) is 4. The van der Waals surface area contributed by atoms with Crippen molar-refractivity contribution in [1.82, 2.24) is 15.1 Å². The number of carbonyl (C=O) groups excluding carboxylic acids is 5. The molecular weight excluding hydrogens is 520 g/mol. The molecule has 3 amide bonds. The van der Waals surface area contributed by atoms with Crippen LogP contribution in [-0.2, 0) is 28.7 Å². The molecule has 1 saturated heterocycles. The van der Waals surface area contributed by atoms with E-state index in [4.69, 9.17) is 26.4 Å². The second kappa shape index (κ2) is 14.4. The van der Waals surface area contributed by atoms with Crippen LogP contribution < -0.4 is 16.8 Å². The predicted molar refractivity (Wildman–Crippen MR) is 146 cm³/mol. The third-order valence-corrected chi connectivity index (χ3v) is 6.20. The minimum atomic E-state index is -1.22. The highest BCUT2D eigenvalue weighted by Gasteiger charge is 2.42. The average molecular weight is 561 g/mol. The van der Waals surface area contributed by atoms with E-state index in [0.29, 0.717) is 24.9 Å². The van der Waals surface area contributed by atoms with Gasteiger partial charge in [-0.15, -0.1) is 0 Å². The van der Waals surface area contributed by atoms with Crippen LogP contribution >= 0.6 is 0 Å². The molecule has 0 spiro atoms. The molecule has 0 saturated carbocycles. The lowest BCUT2D eigenvalue weighted by molar-refractivity contribution is -0.164. The van der Waals surface area contributed by atoms with Gasteiger partial charge < -0.3 is 36.1 Å². The Morgan fingerprint density at radius 3 is 2.25 bits per heavy atom. The molecule has 1 unspecified atom stereocenters. The van der Waals surface area contributed by atoms with Crippen molar-refractivity contribution in [3.8, 4) is 0 Å². The van der Waals surface area contributed by atoms with Crippen LogP contribution in [0.3, 0.4) is 0 Å². The number of hydrogen-bond acceptors (Lipinski definition) is 9. The van der Waals surface area contributed by atoms with Crippen LogP contribution in [-0.4, -0.2) is 96.3 Å². The molecule has 1 aliphatic rings. The molecule has 1 fully saturated rings. The second-order valence-corrected chi connectivity index (χ2v) is 10.5. The predicted octanol–water partition coefficient (Wildman–Crippen LogP) is 0.142. The van der Waals surface area contributed by atoms with E-state index in [1.807, 2.05) is 0 Å². The highest BCUT2D eigenvalue weighted by Crippen LogP contribution is 2.19. The van der Waals surface area contributed by atoms with E-state index in [2.05, 4.69) is 5.32 Å². The Balaban J connectivity index is 2.27. The largest absolute Gasteiger partial charge is 0.469 e. The molecule has 2 rings (SSSR count). The Morgan fingerprint density at radius 2 is 1.70 bits per heavy atom. The summed E-state index contributed by atoms with van der Waals surface area (Å²) in [6.45, 7) is 5.26. The summed E-state index contributed by atoms with van der Waals surface area (Å²) in [7, 11) is 1.17. The highest BCUT2D eigenvalue weighted by molar-refractivity contribution is 6.01. The van der Waals surface area contributed by atoms with E-state index in [1.165, 1.54) is 41.2 Å². The van der Waals surface area contributed by atoms with Crippen LogP contribution in [0, 0.1) is 5.41 Å². The fourth-order valence-electron chi connectivity index (χ4n) is 4.22. The zero-order valence-corrected chi connectivity index (χ0v) is 23.5. The Bertz CT molecular complexity index is 1100. The summed E-state index contributed by atoms with van der Waals surface area (Å²) in [5, 5.41) is 10.2. The number of amides is 3. The molecule has 0 bridgehead atoms. The maximum Gasteiger partial charge on any atom is 0.326 e. The summed E-state index contributed by atoms with van der Waals surface area (Å²) in [5.74, 6) is -3.12. The van der Waals surface area contributed by atoms with E-state index in [-0.39, 0.29) is 37.5 Å². The Kier molecular flexibility index (Phi) is 11.6. The minimum absolute atomic E-state index is 0.0333. The summed E-state index contributed by atoms with van der Waals surface area (Å²) in [4.78, 5) is 67.3. The average Bonchev–Trinajstić information content (AvgIpc) is 2.88. The molecule has 13 heteroatoms. The maximum atomic E-state index is 13.8. The molecule has 13 nitrogen and oxygen atoms in total. The lowest BCUT2D eigenvalue weighted by Crippen LogP contribution is -2.63.